The lowest BCUT2D eigenvalue weighted by Crippen LogP contribution is -2.40. The third kappa shape index (κ3) is 5.67. The van der Waals surface area contributed by atoms with Crippen LogP contribution in [0.1, 0.15) is 31.2 Å². The molecule has 0 amide bonds. The summed E-state index contributed by atoms with van der Waals surface area (Å²) in [6.45, 7) is 3.51. The molecule has 0 fully saturated rings. The average molecular weight is 636 g/mol. The Labute approximate surface area is 260 Å². The maximum Gasteiger partial charge on any atom is 0.338 e. The molecule has 45 heavy (non-hydrogen) atoms. The van der Waals surface area contributed by atoms with Crippen LogP contribution in [0, 0.1) is 10.1 Å². The Bertz CT molecular complexity index is 2000. The van der Waals surface area contributed by atoms with E-state index in [0.29, 0.717) is 54.9 Å². The largest absolute Gasteiger partial charge is 0.496 e. The van der Waals surface area contributed by atoms with E-state index < -0.39 is 22.5 Å². The first kappa shape index (κ1) is 31.1. The SMILES string of the molecule is CCOC(=O)C1=C(C)N=c2s/c(=C\c3ccc(-c4ccc([N+](=O)[O-])cc4OC)o3)c(=O)n2[C@H]1c1cc(OC)c(OC)c(OC)c1. The summed E-state index contributed by atoms with van der Waals surface area (Å²) in [7, 11) is 5.84. The first-order valence-electron chi connectivity index (χ1n) is 13.6. The minimum absolute atomic E-state index is 0.123. The molecule has 2 aromatic carbocycles. The van der Waals surface area contributed by atoms with Crippen LogP contribution in [0.15, 0.2) is 67.9 Å². The number of ether oxygens (including phenoxy) is 5. The smallest absolute Gasteiger partial charge is 0.338 e. The molecule has 0 spiro atoms. The van der Waals surface area contributed by atoms with Crippen molar-refractivity contribution in [1.82, 2.24) is 4.57 Å². The molecule has 0 aliphatic carbocycles. The van der Waals surface area contributed by atoms with Gasteiger partial charge in [0.05, 0.1) is 73.4 Å². The number of aromatic nitrogens is 1. The third-order valence-electron chi connectivity index (χ3n) is 7.08. The van der Waals surface area contributed by atoms with Crippen LogP contribution in [-0.2, 0) is 9.53 Å². The van der Waals surface area contributed by atoms with E-state index in [1.54, 1.807) is 44.2 Å². The number of thiazole rings is 1. The van der Waals surface area contributed by atoms with Crippen molar-refractivity contribution in [2.75, 3.05) is 35.0 Å². The summed E-state index contributed by atoms with van der Waals surface area (Å²) in [5.41, 5.74) is 1.06. The molecule has 0 bridgehead atoms. The fourth-order valence-corrected chi connectivity index (χ4v) is 6.09. The first-order valence-corrected chi connectivity index (χ1v) is 14.4. The summed E-state index contributed by atoms with van der Waals surface area (Å²) < 4.78 is 35.0. The number of nitro groups is 1. The van der Waals surface area contributed by atoms with Crippen LogP contribution in [-0.4, -0.2) is 50.5 Å². The molecule has 234 valence electrons. The molecule has 2 aromatic heterocycles. The third-order valence-corrected chi connectivity index (χ3v) is 8.06. The Morgan fingerprint density at radius 1 is 1.04 bits per heavy atom. The molecule has 1 aliphatic heterocycles. The molecule has 14 heteroatoms. The summed E-state index contributed by atoms with van der Waals surface area (Å²) in [4.78, 5) is 43.0. The number of methoxy groups -OCH3 is 4. The number of hydrogen-bond donors (Lipinski definition) is 0. The number of nitrogens with zero attached hydrogens (tertiary/aromatic N) is 3. The molecule has 1 aliphatic rings. The zero-order valence-corrected chi connectivity index (χ0v) is 26.1. The highest BCUT2D eigenvalue weighted by Crippen LogP contribution is 2.42. The molecule has 0 radical (unpaired) electrons. The van der Waals surface area contributed by atoms with E-state index in [1.165, 1.54) is 51.2 Å². The van der Waals surface area contributed by atoms with Gasteiger partial charge in [-0.2, -0.15) is 0 Å². The van der Waals surface area contributed by atoms with Crippen LogP contribution in [0.5, 0.6) is 23.0 Å². The highest BCUT2D eigenvalue weighted by atomic mass is 32.1. The number of carbonyl (C=O) groups is 1. The minimum atomic E-state index is -0.923. The molecule has 3 heterocycles. The number of allylic oxidation sites excluding steroid dienone is 1. The van der Waals surface area contributed by atoms with Gasteiger partial charge in [0.1, 0.15) is 17.3 Å². The fourth-order valence-electron chi connectivity index (χ4n) is 5.07. The quantitative estimate of drug-likeness (QED) is 0.142. The number of esters is 1. The number of hydrogen-bond acceptors (Lipinski definition) is 12. The van der Waals surface area contributed by atoms with Gasteiger partial charge in [0.15, 0.2) is 16.3 Å². The van der Waals surface area contributed by atoms with Crippen molar-refractivity contribution < 1.29 is 37.8 Å². The van der Waals surface area contributed by atoms with Crippen LogP contribution in [0.3, 0.4) is 0 Å². The van der Waals surface area contributed by atoms with Gasteiger partial charge in [0.25, 0.3) is 11.2 Å². The molecule has 13 nitrogen and oxygen atoms in total. The van der Waals surface area contributed by atoms with Gasteiger partial charge >= 0.3 is 5.97 Å². The van der Waals surface area contributed by atoms with Gasteiger partial charge in [-0.25, -0.2) is 9.79 Å². The van der Waals surface area contributed by atoms with Crippen molar-refractivity contribution in [2.24, 2.45) is 4.99 Å². The molecule has 5 rings (SSSR count). The molecular weight excluding hydrogens is 606 g/mol. The predicted molar refractivity (Wildman–Crippen MR) is 164 cm³/mol. The van der Waals surface area contributed by atoms with Gasteiger partial charge < -0.3 is 28.1 Å². The van der Waals surface area contributed by atoms with Gasteiger partial charge in [0, 0.05) is 12.1 Å². The maximum absolute atomic E-state index is 14.0. The monoisotopic (exact) mass is 635 g/mol. The van der Waals surface area contributed by atoms with Crippen molar-refractivity contribution in [3.05, 3.63) is 94.9 Å². The fraction of sp³-hybridized carbons (Fsp3) is 0.258. The summed E-state index contributed by atoms with van der Waals surface area (Å²) in [6.07, 6.45) is 1.57. The number of rotatable bonds is 10. The second-order valence-corrected chi connectivity index (χ2v) is 10.6. The summed E-state index contributed by atoms with van der Waals surface area (Å²) in [5.74, 6) is 1.43. The van der Waals surface area contributed by atoms with Gasteiger partial charge in [-0.3, -0.25) is 19.5 Å². The van der Waals surface area contributed by atoms with E-state index in [9.17, 15) is 19.7 Å². The molecule has 0 unspecified atom stereocenters. The molecule has 0 saturated heterocycles. The predicted octanol–water partition coefficient (Wildman–Crippen LogP) is 4.00. The number of benzene rings is 2. The Morgan fingerprint density at radius 3 is 2.33 bits per heavy atom. The minimum Gasteiger partial charge on any atom is -0.496 e. The number of non-ortho nitro benzene ring substituents is 1. The van der Waals surface area contributed by atoms with Gasteiger partial charge in [-0.15, -0.1) is 0 Å². The summed E-state index contributed by atoms with van der Waals surface area (Å²) in [5, 5.41) is 11.2. The van der Waals surface area contributed by atoms with E-state index in [1.807, 2.05) is 0 Å². The first-order chi connectivity index (χ1) is 21.6. The van der Waals surface area contributed by atoms with Crippen LogP contribution < -0.4 is 33.8 Å². The highest BCUT2D eigenvalue weighted by Gasteiger charge is 2.35. The normalized spacial score (nSPS) is 14.4. The summed E-state index contributed by atoms with van der Waals surface area (Å²) in [6, 6.07) is 9.97. The Morgan fingerprint density at radius 2 is 1.73 bits per heavy atom. The van der Waals surface area contributed by atoms with E-state index in [4.69, 9.17) is 28.1 Å². The highest BCUT2D eigenvalue weighted by molar-refractivity contribution is 7.07. The van der Waals surface area contributed by atoms with Crippen LogP contribution >= 0.6 is 11.3 Å². The second kappa shape index (κ2) is 12.7. The summed E-state index contributed by atoms with van der Waals surface area (Å²) >= 11 is 1.13. The maximum atomic E-state index is 14.0. The standard InChI is InChI=1S/C31H29N3O10S/c1-7-43-30(36)26-16(2)32-31-33(27(26)17-12-23(40-4)28(42-6)24(13-17)41-5)29(35)25(45-31)15-19-9-11-21(44-19)20-10-8-18(34(37)38)14-22(20)39-3/h8-15,27H,7H2,1-6H3/b25-15-/t27-/m0/s1. The number of fused-ring (bicyclic) bond motifs is 1. The van der Waals surface area contributed by atoms with Crippen molar-refractivity contribution in [2.45, 2.75) is 19.9 Å². The lowest BCUT2D eigenvalue weighted by Gasteiger charge is -2.26. The molecule has 1 atom stereocenters. The van der Waals surface area contributed by atoms with E-state index >= 15 is 0 Å². The van der Waals surface area contributed by atoms with Gasteiger partial charge in [-0.1, -0.05) is 11.3 Å². The Hall–Kier alpha value is -5.37. The van der Waals surface area contributed by atoms with E-state index in [2.05, 4.69) is 4.99 Å². The zero-order valence-electron chi connectivity index (χ0n) is 25.2. The lowest BCUT2D eigenvalue weighted by atomic mass is 9.95. The van der Waals surface area contributed by atoms with E-state index in [0.717, 1.165) is 11.3 Å². The average Bonchev–Trinajstić information content (AvgIpc) is 3.62. The van der Waals surface area contributed by atoms with Gasteiger partial charge in [0.2, 0.25) is 5.75 Å². The number of carbonyl (C=O) groups excluding carboxylic acids is 1. The van der Waals surface area contributed by atoms with Gasteiger partial charge in [-0.05, 0) is 49.7 Å². The van der Waals surface area contributed by atoms with Crippen molar-refractivity contribution >= 4 is 29.1 Å². The lowest BCUT2D eigenvalue weighted by molar-refractivity contribution is -0.384. The van der Waals surface area contributed by atoms with Crippen molar-refractivity contribution in [1.29, 1.82) is 0 Å². The van der Waals surface area contributed by atoms with E-state index in [-0.39, 0.29) is 23.6 Å². The molecule has 4 aromatic rings. The molecular formula is C31H29N3O10S. The molecule has 0 N–H and O–H groups in total. The van der Waals surface area contributed by atoms with Crippen LogP contribution in [0.4, 0.5) is 5.69 Å². The van der Waals surface area contributed by atoms with Crippen LogP contribution in [0.25, 0.3) is 17.4 Å². The zero-order chi connectivity index (χ0) is 32.4. The molecule has 0 saturated carbocycles. The Balaban J connectivity index is 1.66. The number of nitro benzene ring substituents is 1. The second-order valence-electron chi connectivity index (χ2n) is 9.60. The Kier molecular flexibility index (Phi) is 8.77. The van der Waals surface area contributed by atoms with Crippen molar-refractivity contribution in [3.8, 4) is 34.3 Å². The van der Waals surface area contributed by atoms with Crippen molar-refractivity contribution in [3.63, 3.8) is 0 Å². The number of furan rings is 1. The topological polar surface area (TPSA) is 154 Å². The van der Waals surface area contributed by atoms with Crippen LogP contribution in [0.2, 0.25) is 0 Å².